The molecule has 6 nitrogen and oxygen atoms in total. The molecule has 0 saturated heterocycles. The number of carboxylic acid groups (broad SMARTS) is 1. The van der Waals surface area contributed by atoms with Crippen LogP contribution in [0.25, 0.3) is 0 Å². The summed E-state index contributed by atoms with van der Waals surface area (Å²) in [4.78, 5) is 18.4. The molecule has 1 aromatic heterocycles. The van der Waals surface area contributed by atoms with Gasteiger partial charge in [0.05, 0.1) is 19.5 Å². The molecule has 2 N–H and O–H groups in total. The number of ether oxygens (including phenoxy) is 1. The topological polar surface area (TPSA) is 84.3 Å². The molecular weight excluding hydrogens is 270 g/mol. The molecule has 0 atom stereocenters. The van der Waals surface area contributed by atoms with Crippen LogP contribution >= 0.6 is 0 Å². The number of carbonyl (C=O) groups is 1. The van der Waals surface area contributed by atoms with Crippen LogP contribution in [0, 0.1) is 0 Å². The van der Waals surface area contributed by atoms with Crippen LogP contribution in [0.1, 0.15) is 22.5 Å². The number of aromatic carboxylic acids is 1. The Hall–Kier alpha value is -2.63. The molecule has 0 aliphatic rings. The maximum Gasteiger partial charge on any atom is 0.356 e. The lowest BCUT2D eigenvalue weighted by Crippen LogP contribution is -2.07. The summed E-state index contributed by atoms with van der Waals surface area (Å²) in [5.74, 6) is 0.355. The zero-order chi connectivity index (χ0) is 15.1. The van der Waals surface area contributed by atoms with Crippen LogP contribution in [0.4, 0.5) is 5.82 Å². The average Bonchev–Trinajstić information content (AvgIpc) is 2.52. The third-order valence-electron chi connectivity index (χ3n) is 2.95. The highest BCUT2D eigenvalue weighted by atomic mass is 16.5. The van der Waals surface area contributed by atoms with E-state index in [4.69, 9.17) is 9.84 Å². The van der Waals surface area contributed by atoms with Gasteiger partial charge in [0.1, 0.15) is 11.6 Å². The quantitative estimate of drug-likeness (QED) is 0.760. The fourth-order valence-electron chi connectivity index (χ4n) is 1.87. The van der Waals surface area contributed by atoms with Crippen molar-refractivity contribution in [1.29, 1.82) is 0 Å². The fraction of sp³-hybridized carbons (Fsp3) is 0.267. The molecule has 0 aliphatic heterocycles. The van der Waals surface area contributed by atoms with E-state index in [0.717, 1.165) is 25.1 Å². The molecule has 0 aliphatic carbocycles. The Labute approximate surface area is 122 Å². The molecule has 21 heavy (non-hydrogen) atoms. The Morgan fingerprint density at radius 3 is 2.86 bits per heavy atom. The lowest BCUT2D eigenvalue weighted by atomic mass is 10.1. The van der Waals surface area contributed by atoms with Crippen LogP contribution in [0.5, 0.6) is 5.75 Å². The number of nitrogens with zero attached hydrogens (tertiary/aromatic N) is 2. The minimum absolute atomic E-state index is 0.0584. The van der Waals surface area contributed by atoms with Crippen molar-refractivity contribution in [3.05, 3.63) is 47.9 Å². The number of anilines is 1. The Morgan fingerprint density at radius 2 is 2.19 bits per heavy atom. The number of rotatable bonds is 7. The summed E-state index contributed by atoms with van der Waals surface area (Å²) >= 11 is 0. The second-order valence-electron chi connectivity index (χ2n) is 4.47. The summed E-state index contributed by atoms with van der Waals surface area (Å²) in [6, 6.07) is 7.96. The molecule has 2 aromatic rings. The van der Waals surface area contributed by atoms with E-state index in [-0.39, 0.29) is 5.69 Å². The van der Waals surface area contributed by atoms with Crippen molar-refractivity contribution in [1.82, 2.24) is 9.97 Å². The van der Waals surface area contributed by atoms with Crippen molar-refractivity contribution in [3.8, 4) is 5.75 Å². The monoisotopic (exact) mass is 287 g/mol. The summed E-state index contributed by atoms with van der Waals surface area (Å²) in [7, 11) is 1.65. The minimum Gasteiger partial charge on any atom is -0.497 e. The summed E-state index contributed by atoms with van der Waals surface area (Å²) in [6.45, 7) is 0.734. The molecule has 0 unspecified atom stereocenters. The predicted molar refractivity (Wildman–Crippen MR) is 78.8 cm³/mol. The number of nitrogens with one attached hydrogen (secondary N) is 1. The van der Waals surface area contributed by atoms with Gasteiger partial charge in [-0.25, -0.2) is 14.8 Å². The van der Waals surface area contributed by atoms with Gasteiger partial charge in [0.25, 0.3) is 0 Å². The van der Waals surface area contributed by atoms with E-state index in [2.05, 4.69) is 21.4 Å². The Bertz CT molecular complexity index is 599. The summed E-state index contributed by atoms with van der Waals surface area (Å²) in [5.41, 5.74) is 1.15. The Balaban J connectivity index is 1.77. The Morgan fingerprint density at radius 1 is 1.33 bits per heavy atom. The van der Waals surface area contributed by atoms with Gasteiger partial charge in [-0.1, -0.05) is 12.1 Å². The zero-order valence-corrected chi connectivity index (χ0v) is 11.7. The van der Waals surface area contributed by atoms with E-state index in [0.29, 0.717) is 5.82 Å². The number of benzene rings is 1. The Kier molecular flexibility index (Phi) is 5.09. The van der Waals surface area contributed by atoms with Crippen molar-refractivity contribution in [2.75, 3.05) is 19.0 Å². The van der Waals surface area contributed by atoms with Crippen LogP contribution in [-0.4, -0.2) is 34.7 Å². The normalized spacial score (nSPS) is 10.1. The van der Waals surface area contributed by atoms with E-state index in [1.165, 1.54) is 18.0 Å². The van der Waals surface area contributed by atoms with E-state index >= 15 is 0 Å². The summed E-state index contributed by atoms with van der Waals surface area (Å²) in [5, 5.41) is 11.8. The molecule has 0 amide bonds. The molecule has 2 rings (SSSR count). The number of carboxylic acids is 1. The fourth-order valence-corrected chi connectivity index (χ4v) is 1.87. The maximum atomic E-state index is 10.6. The van der Waals surface area contributed by atoms with E-state index in [1.54, 1.807) is 7.11 Å². The lowest BCUT2D eigenvalue weighted by molar-refractivity contribution is 0.0690. The van der Waals surface area contributed by atoms with Crippen LogP contribution in [-0.2, 0) is 6.42 Å². The molecule has 0 spiro atoms. The second-order valence-corrected chi connectivity index (χ2v) is 4.47. The highest BCUT2D eigenvalue weighted by molar-refractivity contribution is 5.84. The molecule has 0 radical (unpaired) electrons. The first-order valence-corrected chi connectivity index (χ1v) is 6.61. The van der Waals surface area contributed by atoms with Gasteiger partial charge in [-0.2, -0.15) is 0 Å². The van der Waals surface area contributed by atoms with Crippen LogP contribution in [0.2, 0.25) is 0 Å². The highest BCUT2D eigenvalue weighted by Crippen LogP contribution is 2.13. The molecule has 0 fully saturated rings. The van der Waals surface area contributed by atoms with Gasteiger partial charge < -0.3 is 15.2 Å². The number of aryl methyl sites for hydroxylation is 1. The number of hydrogen-bond donors (Lipinski definition) is 2. The third kappa shape index (κ3) is 4.45. The molecule has 0 bridgehead atoms. The number of methoxy groups -OCH3 is 1. The number of hydrogen-bond acceptors (Lipinski definition) is 5. The molecule has 0 saturated carbocycles. The van der Waals surface area contributed by atoms with Crippen molar-refractivity contribution >= 4 is 11.8 Å². The van der Waals surface area contributed by atoms with E-state index < -0.39 is 5.97 Å². The SMILES string of the molecule is COc1cccc(CCCNc2cnc(C(=O)O)cn2)c1. The molecular formula is C15H17N3O3. The van der Waals surface area contributed by atoms with Crippen LogP contribution in [0.15, 0.2) is 36.7 Å². The first-order valence-electron chi connectivity index (χ1n) is 6.61. The standard InChI is InChI=1S/C15H17N3O3/c1-21-12-6-2-4-11(8-12)5-3-7-16-14-10-17-13(9-18-14)15(19)20/h2,4,6,8-10H,3,5,7H2,1H3,(H,16,18)(H,19,20). The summed E-state index contributed by atoms with van der Waals surface area (Å²) in [6.07, 6.45) is 4.52. The van der Waals surface area contributed by atoms with Crippen molar-refractivity contribution in [2.45, 2.75) is 12.8 Å². The van der Waals surface area contributed by atoms with Gasteiger partial charge in [0.2, 0.25) is 0 Å². The number of aromatic nitrogens is 2. The van der Waals surface area contributed by atoms with Gasteiger partial charge in [0, 0.05) is 6.54 Å². The maximum absolute atomic E-state index is 10.6. The van der Waals surface area contributed by atoms with Crippen LogP contribution < -0.4 is 10.1 Å². The molecule has 6 heteroatoms. The van der Waals surface area contributed by atoms with Gasteiger partial charge in [-0.05, 0) is 30.5 Å². The van der Waals surface area contributed by atoms with Gasteiger partial charge >= 0.3 is 5.97 Å². The van der Waals surface area contributed by atoms with Crippen molar-refractivity contribution < 1.29 is 14.6 Å². The highest BCUT2D eigenvalue weighted by Gasteiger charge is 2.04. The van der Waals surface area contributed by atoms with Crippen molar-refractivity contribution in [2.24, 2.45) is 0 Å². The lowest BCUT2D eigenvalue weighted by Gasteiger charge is -2.06. The molecule has 1 heterocycles. The average molecular weight is 287 g/mol. The second kappa shape index (κ2) is 7.23. The smallest absolute Gasteiger partial charge is 0.356 e. The van der Waals surface area contributed by atoms with Crippen molar-refractivity contribution in [3.63, 3.8) is 0 Å². The van der Waals surface area contributed by atoms with Crippen LogP contribution in [0.3, 0.4) is 0 Å². The first-order chi connectivity index (χ1) is 10.2. The van der Waals surface area contributed by atoms with Gasteiger partial charge in [-0.3, -0.25) is 0 Å². The van der Waals surface area contributed by atoms with Gasteiger partial charge in [0.15, 0.2) is 5.69 Å². The van der Waals surface area contributed by atoms with E-state index in [1.807, 2.05) is 18.2 Å². The van der Waals surface area contributed by atoms with E-state index in [9.17, 15) is 4.79 Å². The van der Waals surface area contributed by atoms with Gasteiger partial charge in [-0.15, -0.1) is 0 Å². The molecule has 110 valence electrons. The summed E-state index contributed by atoms with van der Waals surface area (Å²) < 4.78 is 5.18. The molecule has 1 aromatic carbocycles. The zero-order valence-electron chi connectivity index (χ0n) is 11.7. The predicted octanol–water partition coefficient (Wildman–Crippen LogP) is 2.23. The minimum atomic E-state index is -1.08. The largest absolute Gasteiger partial charge is 0.497 e. The third-order valence-corrected chi connectivity index (χ3v) is 2.95. The first kappa shape index (κ1) is 14.8.